The summed E-state index contributed by atoms with van der Waals surface area (Å²) < 4.78 is 44.2. The smallest absolute Gasteiger partial charge is 0.264 e. The van der Waals surface area contributed by atoms with Gasteiger partial charge >= 0.3 is 0 Å². The monoisotopic (exact) mass is 511 g/mol. The first kappa shape index (κ1) is 26.6. The first-order chi connectivity index (χ1) is 17.2. The maximum atomic E-state index is 13.6. The van der Waals surface area contributed by atoms with Gasteiger partial charge in [0.1, 0.15) is 23.8 Å². The highest BCUT2D eigenvalue weighted by Gasteiger charge is 2.29. The lowest BCUT2D eigenvalue weighted by Crippen LogP contribution is -2.39. The molecule has 3 rings (SSSR count). The van der Waals surface area contributed by atoms with Crippen LogP contribution in [0.5, 0.6) is 17.2 Å². The summed E-state index contributed by atoms with van der Waals surface area (Å²) >= 11 is 0. The fourth-order valence-corrected chi connectivity index (χ4v) is 4.82. The Labute approximate surface area is 211 Å². The fraction of sp³-hybridized carbons (Fsp3) is 0.231. The molecule has 0 heterocycles. The molecule has 3 aromatic rings. The zero-order valence-corrected chi connectivity index (χ0v) is 21.6. The number of methoxy groups -OCH3 is 3. The van der Waals surface area contributed by atoms with E-state index in [9.17, 15) is 13.2 Å². The van der Waals surface area contributed by atoms with Gasteiger partial charge in [-0.3, -0.25) is 9.10 Å². The van der Waals surface area contributed by atoms with Crippen molar-refractivity contribution in [3.63, 3.8) is 0 Å². The molecule has 9 nitrogen and oxygen atoms in total. The number of rotatable bonds is 10. The Kier molecular flexibility index (Phi) is 8.55. The number of amides is 1. The molecule has 0 aliphatic carbocycles. The van der Waals surface area contributed by atoms with Crippen LogP contribution >= 0.6 is 0 Å². The predicted molar refractivity (Wildman–Crippen MR) is 139 cm³/mol. The normalized spacial score (nSPS) is 11.2. The Morgan fingerprint density at radius 1 is 0.889 bits per heavy atom. The molecule has 3 aromatic carbocycles. The van der Waals surface area contributed by atoms with Crippen molar-refractivity contribution in [2.75, 3.05) is 32.2 Å². The van der Waals surface area contributed by atoms with Crippen molar-refractivity contribution in [2.45, 2.75) is 18.7 Å². The number of ether oxygens (including phenoxy) is 3. The molecule has 0 bridgehead atoms. The van der Waals surface area contributed by atoms with Gasteiger partial charge in [-0.25, -0.2) is 13.8 Å². The molecule has 0 saturated carbocycles. The quantitative estimate of drug-likeness (QED) is 0.329. The lowest BCUT2D eigenvalue weighted by Gasteiger charge is -2.25. The number of carbonyl (C=O) groups excluding carboxylic acids is 1. The Morgan fingerprint density at radius 3 is 2.19 bits per heavy atom. The zero-order chi connectivity index (χ0) is 26.3. The minimum Gasteiger partial charge on any atom is -0.497 e. The van der Waals surface area contributed by atoms with Gasteiger partial charge in [-0.1, -0.05) is 23.8 Å². The Balaban J connectivity index is 1.91. The molecule has 1 amide bonds. The highest BCUT2D eigenvalue weighted by molar-refractivity contribution is 7.92. The Hall–Kier alpha value is -4.05. The molecular formula is C26H29N3O6S. The van der Waals surface area contributed by atoms with Crippen molar-refractivity contribution in [1.29, 1.82) is 0 Å². The van der Waals surface area contributed by atoms with Crippen LogP contribution in [0.4, 0.5) is 5.69 Å². The van der Waals surface area contributed by atoms with Crippen LogP contribution < -0.4 is 23.9 Å². The van der Waals surface area contributed by atoms with Gasteiger partial charge in [-0.05, 0) is 55.8 Å². The van der Waals surface area contributed by atoms with E-state index in [0.717, 1.165) is 15.4 Å². The third kappa shape index (κ3) is 6.14. The van der Waals surface area contributed by atoms with Crippen LogP contribution in [-0.2, 0) is 14.8 Å². The molecule has 0 saturated heterocycles. The minimum absolute atomic E-state index is 0.0518. The van der Waals surface area contributed by atoms with Crippen LogP contribution in [-0.4, -0.2) is 48.4 Å². The minimum atomic E-state index is -4.10. The zero-order valence-electron chi connectivity index (χ0n) is 20.8. The van der Waals surface area contributed by atoms with E-state index < -0.39 is 22.5 Å². The van der Waals surface area contributed by atoms with Crippen LogP contribution in [0.15, 0.2) is 70.7 Å². The maximum absolute atomic E-state index is 13.6. The van der Waals surface area contributed by atoms with E-state index in [1.807, 2.05) is 13.8 Å². The number of benzene rings is 3. The van der Waals surface area contributed by atoms with E-state index in [0.29, 0.717) is 22.8 Å². The van der Waals surface area contributed by atoms with Crippen molar-refractivity contribution in [1.82, 2.24) is 5.43 Å². The summed E-state index contributed by atoms with van der Waals surface area (Å²) in [6, 6.07) is 16.7. The number of carbonyl (C=O) groups is 1. The molecule has 0 spiro atoms. The highest BCUT2D eigenvalue weighted by atomic mass is 32.2. The fourth-order valence-electron chi connectivity index (χ4n) is 3.40. The van der Waals surface area contributed by atoms with E-state index in [-0.39, 0.29) is 10.6 Å². The first-order valence-electron chi connectivity index (χ1n) is 11.0. The predicted octanol–water partition coefficient (Wildman–Crippen LogP) is 3.67. The number of nitrogens with zero attached hydrogens (tertiary/aromatic N) is 2. The van der Waals surface area contributed by atoms with E-state index >= 15 is 0 Å². The summed E-state index contributed by atoms with van der Waals surface area (Å²) in [6.07, 6.45) is 1.40. The average Bonchev–Trinajstić information content (AvgIpc) is 2.87. The van der Waals surface area contributed by atoms with E-state index in [1.165, 1.54) is 32.6 Å². The van der Waals surface area contributed by atoms with Gasteiger partial charge in [-0.2, -0.15) is 5.10 Å². The van der Waals surface area contributed by atoms with Gasteiger partial charge in [0.15, 0.2) is 0 Å². The third-order valence-corrected chi connectivity index (χ3v) is 7.11. The maximum Gasteiger partial charge on any atom is 0.264 e. The summed E-state index contributed by atoms with van der Waals surface area (Å²) in [7, 11) is 0.389. The average molecular weight is 512 g/mol. The summed E-state index contributed by atoms with van der Waals surface area (Å²) in [5.41, 5.74) is 4.95. The van der Waals surface area contributed by atoms with Crippen molar-refractivity contribution in [3.8, 4) is 17.2 Å². The van der Waals surface area contributed by atoms with Crippen molar-refractivity contribution in [3.05, 3.63) is 77.4 Å². The molecule has 0 atom stereocenters. The number of hydrogen-bond acceptors (Lipinski definition) is 7. The van der Waals surface area contributed by atoms with Crippen molar-refractivity contribution >= 4 is 27.8 Å². The molecule has 36 heavy (non-hydrogen) atoms. The first-order valence-corrected chi connectivity index (χ1v) is 12.4. The number of nitrogens with one attached hydrogen (secondary N) is 1. The SMILES string of the molecule is COc1ccc(/C=N\NC(=O)CN(c2cc(C)ccc2OC)S(=O)(=O)c2ccc(C)cc2)c(OC)c1. The van der Waals surface area contributed by atoms with Gasteiger partial charge in [0, 0.05) is 11.6 Å². The van der Waals surface area contributed by atoms with Gasteiger partial charge in [0.25, 0.3) is 15.9 Å². The van der Waals surface area contributed by atoms with Gasteiger partial charge in [-0.15, -0.1) is 0 Å². The number of sulfonamides is 1. The van der Waals surface area contributed by atoms with Gasteiger partial charge < -0.3 is 14.2 Å². The molecule has 190 valence electrons. The molecule has 0 aliphatic rings. The standard InChI is InChI=1S/C26H29N3O6S/c1-18-6-11-22(12-7-18)36(31,32)29(23-14-19(2)8-13-24(23)34-4)17-26(30)28-27-16-20-9-10-21(33-3)15-25(20)35-5/h6-16H,17H2,1-5H3,(H,28,30)/b27-16-. The van der Waals surface area contributed by atoms with Crippen LogP contribution in [0.1, 0.15) is 16.7 Å². The summed E-state index contributed by atoms with van der Waals surface area (Å²) in [4.78, 5) is 12.9. The van der Waals surface area contributed by atoms with Crippen LogP contribution in [0.3, 0.4) is 0 Å². The summed E-state index contributed by atoms with van der Waals surface area (Å²) in [6.45, 7) is 3.17. The molecule has 0 aliphatic heterocycles. The number of hydrogen-bond donors (Lipinski definition) is 1. The van der Waals surface area contributed by atoms with Crippen molar-refractivity contribution < 1.29 is 27.4 Å². The van der Waals surface area contributed by atoms with Crippen LogP contribution in [0.25, 0.3) is 0 Å². The van der Waals surface area contributed by atoms with E-state index in [4.69, 9.17) is 14.2 Å². The van der Waals surface area contributed by atoms with Crippen molar-refractivity contribution in [2.24, 2.45) is 5.10 Å². The van der Waals surface area contributed by atoms with Crippen LogP contribution in [0, 0.1) is 13.8 Å². The molecule has 0 aromatic heterocycles. The molecule has 0 radical (unpaired) electrons. The second kappa shape index (κ2) is 11.6. The molecule has 0 unspecified atom stereocenters. The lowest BCUT2D eigenvalue weighted by atomic mass is 10.2. The lowest BCUT2D eigenvalue weighted by molar-refractivity contribution is -0.119. The summed E-state index contributed by atoms with van der Waals surface area (Å²) in [5.74, 6) is 0.783. The Bertz CT molecular complexity index is 1350. The Morgan fingerprint density at radius 2 is 1.56 bits per heavy atom. The topological polar surface area (TPSA) is 107 Å². The largest absolute Gasteiger partial charge is 0.497 e. The summed E-state index contributed by atoms with van der Waals surface area (Å²) in [5, 5.41) is 3.98. The molecular weight excluding hydrogens is 482 g/mol. The van der Waals surface area contributed by atoms with Crippen LogP contribution in [0.2, 0.25) is 0 Å². The highest BCUT2D eigenvalue weighted by Crippen LogP contribution is 2.33. The van der Waals surface area contributed by atoms with E-state index in [2.05, 4.69) is 10.5 Å². The second-order valence-electron chi connectivity index (χ2n) is 7.90. The molecule has 0 fully saturated rings. The number of hydrazone groups is 1. The van der Waals surface area contributed by atoms with Gasteiger partial charge in [0.05, 0.1) is 38.1 Å². The van der Waals surface area contributed by atoms with Gasteiger partial charge in [0.2, 0.25) is 0 Å². The van der Waals surface area contributed by atoms with E-state index in [1.54, 1.807) is 55.6 Å². The molecule has 1 N–H and O–H groups in total. The molecule has 10 heteroatoms. The second-order valence-corrected chi connectivity index (χ2v) is 9.76. The number of aryl methyl sites for hydroxylation is 2. The number of anilines is 1. The third-order valence-electron chi connectivity index (χ3n) is 5.33.